The molecule has 1 atom stereocenters. The molecule has 1 aromatic carbocycles. The van der Waals surface area contributed by atoms with Crippen molar-refractivity contribution in [3.8, 4) is 6.07 Å². The molecule has 0 aromatic heterocycles. The van der Waals surface area contributed by atoms with Gasteiger partial charge in [-0.2, -0.15) is 23.5 Å². The minimum absolute atomic E-state index is 0. The van der Waals surface area contributed by atoms with Gasteiger partial charge in [-0.3, -0.25) is 4.79 Å². The van der Waals surface area contributed by atoms with Crippen LogP contribution < -0.4 is 34.9 Å². The van der Waals surface area contributed by atoms with E-state index in [0.717, 1.165) is 5.56 Å². The van der Waals surface area contributed by atoms with Crippen LogP contribution in [0.2, 0.25) is 0 Å². The Kier molecular flexibility index (Phi) is 8.79. The van der Waals surface area contributed by atoms with Crippen LogP contribution in [0.1, 0.15) is 17.5 Å². The Hall–Kier alpha value is 0.204. The van der Waals surface area contributed by atoms with Crippen molar-refractivity contribution in [1.29, 1.82) is 5.26 Å². The summed E-state index contributed by atoms with van der Waals surface area (Å²) in [4.78, 5) is 11.6. The fourth-order valence-electron chi connectivity index (χ4n) is 1.74. The van der Waals surface area contributed by atoms with Crippen molar-refractivity contribution in [1.82, 2.24) is 0 Å². The zero-order chi connectivity index (χ0) is 11.1. The Morgan fingerprint density at radius 3 is 2.78 bits per heavy atom. The van der Waals surface area contributed by atoms with E-state index in [1.54, 1.807) is 19.1 Å². The maximum absolute atomic E-state index is 11.6. The van der Waals surface area contributed by atoms with Gasteiger partial charge in [-0.15, -0.1) is 5.56 Å². The average molecular weight is 330 g/mol. The molecule has 0 aliphatic carbocycles. The van der Waals surface area contributed by atoms with Crippen molar-refractivity contribution in [2.45, 2.75) is 18.9 Å². The molecule has 0 saturated carbocycles. The number of aryl methyl sites for hydroxylation is 1. The summed E-state index contributed by atoms with van der Waals surface area (Å²) < 4.78 is 0. The summed E-state index contributed by atoms with van der Waals surface area (Å²) >= 11 is 0. The third-order valence-corrected chi connectivity index (χ3v) is 2.59. The Morgan fingerprint density at radius 2 is 2.22 bits per heavy atom. The van der Waals surface area contributed by atoms with E-state index >= 15 is 0 Å². The molecule has 1 unspecified atom stereocenters. The van der Waals surface area contributed by atoms with Gasteiger partial charge < -0.3 is 15.9 Å². The number of anilines is 1. The van der Waals surface area contributed by atoms with Crippen molar-refractivity contribution in [3.63, 3.8) is 0 Å². The molecular formula is C11H10N2NaO3Y-. The number of carbonyl (C=O) groups excluding carboxylic acids is 1. The molecule has 1 heterocycles. The van der Waals surface area contributed by atoms with Gasteiger partial charge in [0.1, 0.15) is 0 Å². The summed E-state index contributed by atoms with van der Waals surface area (Å²) in [7, 11) is 0. The fourth-order valence-corrected chi connectivity index (χ4v) is 1.74. The van der Waals surface area contributed by atoms with Gasteiger partial charge >= 0.3 is 29.6 Å². The predicted octanol–water partition coefficient (Wildman–Crippen LogP) is -2.33. The number of nitrogens with zero attached hydrogens (tertiary/aromatic N) is 1. The molecule has 1 aliphatic heterocycles. The van der Waals surface area contributed by atoms with Crippen LogP contribution in [0.5, 0.6) is 0 Å². The number of hydrogen-bond donors (Lipinski definition) is 2. The van der Waals surface area contributed by atoms with E-state index < -0.39 is 11.5 Å². The van der Waals surface area contributed by atoms with Crippen molar-refractivity contribution < 1.29 is 77.6 Å². The van der Waals surface area contributed by atoms with Crippen LogP contribution in [-0.4, -0.2) is 16.5 Å². The molecule has 0 spiro atoms. The molecule has 18 heavy (non-hydrogen) atoms. The van der Waals surface area contributed by atoms with Gasteiger partial charge in [-0.25, -0.2) is 0 Å². The molecule has 0 bridgehead atoms. The third kappa shape index (κ3) is 3.20. The molecule has 0 fully saturated rings. The molecule has 7 heteroatoms. The topological polar surface area (TPSA) is 103 Å². The number of rotatable bonds is 1. The van der Waals surface area contributed by atoms with Crippen LogP contribution in [0.3, 0.4) is 0 Å². The van der Waals surface area contributed by atoms with Crippen molar-refractivity contribution in [2.24, 2.45) is 0 Å². The number of fused-ring (bicyclic) bond motifs is 1. The second-order valence-corrected chi connectivity index (χ2v) is 3.54. The quantitative estimate of drug-likeness (QED) is 0.445. The zero-order valence-electron chi connectivity index (χ0n) is 10.2. The van der Waals surface area contributed by atoms with E-state index in [2.05, 4.69) is 11.4 Å². The van der Waals surface area contributed by atoms with Crippen LogP contribution in [-0.2, 0) is 43.1 Å². The standard InChI is InChI=1S/C11H9N2O2.Na.H2O.Y/c1-7-3-2-4-8-9(7)13-10(14)11(8,15)5-6-12;;;/h2,4,15H,5H2,1H3,(H,13,14);;1H2;/q-1;+1;;/p-1. The summed E-state index contributed by atoms with van der Waals surface area (Å²) in [5.41, 5.74) is 0.0875. The van der Waals surface area contributed by atoms with Gasteiger partial charge in [0.2, 0.25) is 5.91 Å². The largest absolute Gasteiger partial charge is 1.00 e. The Morgan fingerprint density at radius 1 is 1.61 bits per heavy atom. The van der Waals surface area contributed by atoms with Gasteiger partial charge in [0, 0.05) is 32.7 Å². The van der Waals surface area contributed by atoms with Crippen molar-refractivity contribution in [2.75, 3.05) is 5.32 Å². The van der Waals surface area contributed by atoms with Crippen LogP contribution in [0.25, 0.3) is 0 Å². The van der Waals surface area contributed by atoms with Gasteiger partial charge in [0.15, 0.2) is 5.60 Å². The van der Waals surface area contributed by atoms with Gasteiger partial charge in [0.25, 0.3) is 0 Å². The first-order chi connectivity index (χ1) is 7.09. The first kappa shape index (κ1) is 20.5. The Bertz CT molecular complexity index is 490. The van der Waals surface area contributed by atoms with E-state index in [0.29, 0.717) is 11.3 Å². The minimum Gasteiger partial charge on any atom is -0.870 e. The summed E-state index contributed by atoms with van der Waals surface area (Å²) in [6, 6.07) is 7.99. The summed E-state index contributed by atoms with van der Waals surface area (Å²) in [6.07, 6.45) is -0.241. The number of nitriles is 1. The van der Waals surface area contributed by atoms with Crippen LogP contribution >= 0.6 is 0 Å². The predicted molar refractivity (Wildman–Crippen MR) is 54.7 cm³/mol. The first-order valence-electron chi connectivity index (χ1n) is 4.52. The number of aliphatic hydroxyl groups is 1. The first-order valence-corrected chi connectivity index (χ1v) is 4.52. The Balaban J connectivity index is 0. The number of benzene rings is 1. The van der Waals surface area contributed by atoms with E-state index in [1.807, 2.05) is 6.07 Å². The molecule has 5 nitrogen and oxygen atoms in total. The number of carbonyl (C=O) groups is 1. The van der Waals surface area contributed by atoms with E-state index in [-0.39, 0.29) is 74.2 Å². The molecule has 87 valence electrons. The van der Waals surface area contributed by atoms with Gasteiger partial charge in [-0.05, 0) is 0 Å². The third-order valence-electron chi connectivity index (χ3n) is 2.59. The number of amides is 1. The van der Waals surface area contributed by atoms with E-state index in [1.165, 1.54) is 0 Å². The maximum atomic E-state index is 11.6. The molecule has 0 saturated heterocycles. The van der Waals surface area contributed by atoms with E-state index in [4.69, 9.17) is 5.26 Å². The Labute approximate surface area is 152 Å². The minimum atomic E-state index is -1.70. The van der Waals surface area contributed by atoms with Crippen LogP contribution in [0.4, 0.5) is 5.69 Å². The maximum Gasteiger partial charge on any atom is 1.00 e. The second-order valence-electron chi connectivity index (χ2n) is 3.54. The fraction of sp³-hybridized carbons (Fsp3) is 0.273. The molecule has 1 radical (unpaired) electrons. The summed E-state index contributed by atoms with van der Waals surface area (Å²) in [5.74, 6) is -0.540. The molecule has 2 rings (SSSR count). The SMILES string of the molecule is Cc1[c-]ccc2c1NC(=O)C2(O)CC#N.[Na+].[OH-].[Y]. The normalized spacial score (nSPS) is 19.3. The molecule has 1 aromatic rings. The van der Waals surface area contributed by atoms with Crippen molar-refractivity contribution in [3.05, 3.63) is 29.3 Å². The summed E-state index contributed by atoms with van der Waals surface area (Å²) in [5, 5.41) is 21.3. The van der Waals surface area contributed by atoms with Gasteiger partial charge in [-0.1, -0.05) is 18.2 Å². The summed E-state index contributed by atoms with van der Waals surface area (Å²) in [6.45, 7) is 1.79. The number of nitrogens with one attached hydrogen (secondary N) is 1. The second kappa shape index (κ2) is 7.71. The molecular weight excluding hydrogens is 320 g/mol. The van der Waals surface area contributed by atoms with Crippen molar-refractivity contribution >= 4 is 11.6 Å². The van der Waals surface area contributed by atoms with E-state index in [9.17, 15) is 9.90 Å². The number of hydrogen-bond acceptors (Lipinski definition) is 4. The smallest absolute Gasteiger partial charge is 0.870 e. The van der Waals surface area contributed by atoms with Gasteiger partial charge in [0.05, 0.1) is 12.5 Å². The van der Waals surface area contributed by atoms with Crippen LogP contribution in [0, 0.1) is 24.3 Å². The molecule has 1 aliphatic rings. The molecule has 3 N–H and O–H groups in total. The molecule has 1 amide bonds. The zero-order valence-corrected chi connectivity index (χ0v) is 15.0. The average Bonchev–Trinajstić information content (AvgIpc) is 2.44. The monoisotopic (exact) mass is 330 g/mol. The van der Waals surface area contributed by atoms with Crippen LogP contribution in [0.15, 0.2) is 12.1 Å².